The van der Waals surface area contributed by atoms with E-state index in [-0.39, 0.29) is 0 Å². The van der Waals surface area contributed by atoms with E-state index < -0.39 is 12.7 Å². The molecule has 0 aromatic carbocycles. The van der Waals surface area contributed by atoms with E-state index in [4.69, 9.17) is 0 Å². The summed E-state index contributed by atoms with van der Waals surface area (Å²) < 4.78 is 37.1. The minimum atomic E-state index is -4.06. The van der Waals surface area contributed by atoms with Crippen LogP contribution in [0.2, 0.25) is 0 Å². The summed E-state index contributed by atoms with van der Waals surface area (Å²) in [5.74, 6) is 0.383. The van der Waals surface area contributed by atoms with Crippen molar-refractivity contribution in [2.75, 3.05) is 39.3 Å². The minimum Gasteiger partial charge on any atom is -0.314 e. The number of likely N-dealkylation sites (tertiary alicyclic amines) is 1. The van der Waals surface area contributed by atoms with Crippen LogP contribution in [0, 0.1) is 5.92 Å². The Balaban J connectivity index is 1.36. The molecule has 3 atom stereocenters. The maximum absolute atomic E-state index is 12.4. The Kier molecular flexibility index (Phi) is 4.76. The zero-order valence-corrected chi connectivity index (χ0v) is 12.5. The summed E-state index contributed by atoms with van der Waals surface area (Å²) in [5, 5.41) is 3.62. The van der Waals surface area contributed by atoms with Crippen LogP contribution in [0.25, 0.3) is 0 Å². The van der Waals surface area contributed by atoms with Crippen molar-refractivity contribution in [3.05, 3.63) is 0 Å². The van der Waals surface area contributed by atoms with Crippen LogP contribution >= 0.6 is 0 Å². The molecule has 0 aromatic rings. The quantitative estimate of drug-likeness (QED) is 0.858. The summed E-state index contributed by atoms with van der Waals surface area (Å²) in [6.45, 7) is 3.76. The SMILES string of the molecule is FC(F)(F)CN1CCC(CNC2CCN3CCCC3C2)C1. The van der Waals surface area contributed by atoms with E-state index in [0.717, 1.165) is 19.0 Å². The number of nitrogens with zero attached hydrogens (tertiary/aromatic N) is 2. The third kappa shape index (κ3) is 4.33. The predicted octanol–water partition coefficient (Wildman–Crippen LogP) is 2.09. The molecule has 0 aliphatic carbocycles. The van der Waals surface area contributed by atoms with Gasteiger partial charge in [0.05, 0.1) is 6.54 Å². The van der Waals surface area contributed by atoms with Crippen molar-refractivity contribution in [1.82, 2.24) is 15.1 Å². The Hall–Kier alpha value is -0.330. The Labute approximate surface area is 124 Å². The Bertz CT molecular complexity index is 348. The number of hydrogen-bond donors (Lipinski definition) is 1. The zero-order chi connectivity index (χ0) is 14.9. The lowest BCUT2D eigenvalue weighted by Gasteiger charge is -2.35. The van der Waals surface area contributed by atoms with Crippen LogP contribution in [0.1, 0.15) is 32.1 Å². The molecule has 0 aromatic heterocycles. The van der Waals surface area contributed by atoms with Gasteiger partial charge in [-0.05, 0) is 64.2 Å². The van der Waals surface area contributed by atoms with Gasteiger partial charge in [-0.1, -0.05) is 0 Å². The minimum absolute atomic E-state index is 0.383. The summed E-state index contributed by atoms with van der Waals surface area (Å²) in [6, 6.07) is 1.32. The summed E-state index contributed by atoms with van der Waals surface area (Å²) >= 11 is 0. The largest absolute Gasteiger partial charge is 0.401 e. The summed E-state index contributed by atoms with van der Waals surface area (Å²) in [4.78, 5) is 4.14. The number of piperidine rings is 1. The highest BCUT2D eigenvalue weighted by atomic mass is 19.4. The van der Waals surface area contributed by atoms with Gasteiger partial charge in [0, 0.05) is 18.6 Å². The molecule has 3 unspecified atom stereocenters. The Morgan fingerprint density at radius 3 is 2.71 bits per heavy atom. The number of nitrogens with one attached hydrogen (secondary N) is 1. The molecule has 0 spiro atoms. The highest BCUT2D eigenvalue weighted by Crippen LogP contribution is 2.27. The van der Waals surface area contributed by atoms with E-state index in [1.165, 1.54) is 38.8 Å². The number of alkyl halides is 3. The van der Waals surface area contributed by atoms with E-state index in [1.54, 1.807) is 4.90 Å². The van der Waals surface area contributed by atoms with Crippen LogP contribution < -0.4 is 5.32 Å². The van der Waals surface area contributed by atoms with E-state index in [9.17, 15) is 13.2 Å². The van der Waals surface area contributed by atoms with Gasteiger partial charge in [0.15, 0.2) is 0 Å². The average molecular weight is 305 g/mol. The first kappa shape index (κ1) is 15.6. The van der Waals surface area contributed by atoms with Gasteiger partial charge in [0.2, 0.25) is 0 Å². The fraction of sp³-hybridized carbons (Fsp3) is 1.00. The van der Waals surface area contributed by atoms with Crippen molar-refractivity contribution in [2.24, 2.45) is 5.92 Å². The highest BCUT2D eigenvalue weighted by molar-refractivity contribution is 4.90. The number of hydrogen-bond acceptors (Lipinski definition) is 3. The monoisotopic (exact) mass is 305 g/mol. The second-order valence-corrected chi connectivity index (χ2v) is 6.97. The smallest absolute Gasteiger partial charge is 0.314 e. The van der Waals surface area contributed by atoms with E-state index >= 15 is 0 Å². The molecule has 3 fully saturated rings. The van der Waals surface area contributed by atoms with Crippen LogP contribution in [0.4, 0.5) is 13.2 Å². The molecule has 21 heavy (non-hydrogen) atoms. The normalized spacial score (nSPS) is 35.3. The first-order chi connectivity index (χ1) is 9.99. The first-order valence-electron chi connectivity index (χ1n) is 8.26. The van der Waals surface area contributed by atoms with Crippen LogP contribution in [-0.2, 0) is 0 Å². The van der Waals surface area contributed by atoms with Crippen molar-refractivity contribution in [3.8, 4) is 0 Å². The van der Waals surface area contributed by atoms with Gasteiger partial charge in [-0.3, -0.25) is 4.90 Å². The standard InChI is InChI=1S/C15H26F3N3/c16-15(17,18)11-20-6-3-12(10-20)9-19-13-4-7-21-5-1-2-14(21)8-13/h12-14,19H,1-11H2. The molecule has 3 saturated heterocycles. The van der Waals surface area contributed by atoms with Gasteiger partial charge in [-0.2, -0.15) is 13.2 Å². The molecule has 0 saturated carbocycles. The second kappa shape index (κ2) is 6.42. The lowest BCUT2D eigenvalue weighted by molar-refractivity contribution is -0.143. The molecular weight excluding hydrogens is 279 g/mol. The molecule has 122 valence electrons. The van der Waals surface area contributed by atoms with Gasteiger partial charge in [-0.25, -0.2) is 0 Å². The number of halogens is 3. The van der Waals surface area contributed by atoms with E-state index in [0.29, 0.717) is 25.0 Å². The third-order valence-electron chi connectivity index (χ3n) is 5.29. The van der Waals surface area contributed by atoms with E-state index in [1.807, 2.05) is 0 Å². The average Bonchev–Trinajstić information content (AvgIpc) is 3.02. The molecule has 3 aliphatic heterocycles. The van der Waals surface area contributed by atoms with Gasteiger partial charge in [-0.15, -0.1) is 0 Å². The molecule has 3 rings (SSSR count). The summed E-state index contributed by atoms with van der Waals surface area (Å²) in [6.07, 6.45) is 1.89. The lowest BCUT2D eigenvalue weighted by Crippen LogP contribution is -2.46. The van der Waals surface area contributed by atoms with Crippen LogP contribution in [-0.4, -0.2) is 67.3 Å². The van der Waals surface area contributed by atoms with Gasteiger partial charge < -0.3 is 10.2 Å². The van der Waals surface area contributed by atoms with Crippen molar-refractivity contribution in [3.63, 3.8) is 0 Å². The molecule has 6 heteroatoms. The Morgan fingerprint density at radius 2 is 1.90 bits per heavy atom. The molecule has 3 aliphatic rings. The van der Waals surface area contributed by atoms with Crippen LogP contribution in [0.15, 0.2) is 0 Å². The maximum Gasteiger partial charge on any atom is 0.401 e. The summed E-state index contributed by atoms with van der Waals surface area (Å²) in [5.41, 5.74) is 0. The van der Waals surface area contributed by atoms with Crippen molar-refractivity contribution in [2.45, 2.75) is 50.4 Å². The number of fused-ring (bicyclic) bond motifs is 1. The first-order valence-corrected chi connectivity index (χ1v) is 8.26. The molecular formula is C15H26F3N3. The van der Waals surface area contributed by atoms with Crippen molar-refractivity contribution in [1.29, 1.82) is 0 Å². The van der Waals surface area contributed by atoms with Crippen LogP contribution in [0.3, 0.4) is 0 Å². The van der Waals surface area contributed by atoms with Gasteiger partial charge in [0.25, 0.3) is 0 Å². The maximum atomic E-state index is 12.4. The second-order valence-electron chi connectivity index (χ2n) is 6.97. The third-order valence-corrected chi connectivity index (χ3v) is 5.29. The molecule has 0 radical (unpaired) electrons. The highest BCUT2D eigenvalue weighted by Gasteiger charge is 2.35. The van der Waals surface area contributed by atoms with Crippen molar-refractivity contribution < 1.29 is 13.2 Å². The zero-order valence-electron chi connectivity index (χ0n) is 12.5. The molecule has 3 heterocycles. The lowest BCUT2D eigenvalue weighted by atomic mass is 9.97. The molecule has 0 bridgehead atoms. The van der Waals surface area contributed by atoms with Crippen molar-refractivity contribution >= 4 is 0 Å². The summed E-state index contributed by atoms with van der Waals surface area (Å²) in [7, 11) is 0. The Morgan fingerprint density at radius 1 is 1.05 bits per heavy atom. The predicted molar refractivity (Wildman–Crippen MR) is 76.2 cm³/mol. The van der Waals surface area contributed by atoms with E-state index in [2.05, 4.69) is 10.2 Å². The molecule has 0 amide bonds. The topological polar surface area (TPSA) is 18.5 Å². The van der Waals surface area contributed by atoms with Gasteiger partial charge >= 0.3 is 6.18 Å². The molecule has 3 nitrogen and oxygen atoms in total. The van der Waals surface area contributed by atoms with Crippen LogP contribution in [0.5, 0.6) is 0 Å². The fourth-order valence-electron chi connectivity index (χ4n) is 4.22. The number of rotatable bonds is 4. The van der Waals surface area contributed by atoms with Gasteiger partial charge in [0.1, 0.15) is 0 Å². The molecule has 1 N–H and O–H groups in total. The fourth-order valence-corrected chi connectivity index (χ4v) is 4.22.